The fraction of sp³-hybridized carbons (Fsp3) is 0.852. The molecule has 0 radical (unpaired) electrons. The highest BCUT2D eigenvalue weighted by molar-refractivity contribution is 5.35. The van der Waals surface area contributed by atoms with E-state index in [1.807, 2.05) is 0 Å². The molecule has 3 atom stereocenters. The van der Waals surface area contributed by atoms with Crippen molar-refractivity contribution in [3.8, 4) is 0 Å². The summed E-state index contributed by atoms with van der Waals surface area (Å²) in [7, 11) is 0. The minimum Gasteiger partial charge on any atom is -0.310 e. The summed E-state index contributed by atoms with van der Waals surface area (Å²) in [5.41, 5.74) is 3.33. The lowest BCUT2D eigenvalue weighted by molar-refractivity contribution is 0.260. The predicted molar refractivity (Wildman–Crippen MR) is 128 cm³/mol. The van der Waals surface area contributed by atoms with Crippen LogP contribution in [-0.2, 0) is 0 Å². The smallest absolute Gasteiger partial charge is 0.0322 e. The van der Waals surface area contributed by atoms with Crippen molar-refractivity contribution < 1.29 is 0 Å². The Morgan fingerprint density at radius 3 is 2.18 bits per heavy atom. The topological polar surface area (TPSA) is 12.0 Å². The van der Waals surface area contributed by atoms with E-state index < -0.39 is 0 Å². The second kappa shape index (κ2) is 11.6. The summed E-state index contributed by atoms with van der Waals surface area (Å²) in [4.78, 5) is 0. The van der Waals surface area contributed by atoms with E-state index in [0.29, 0.717) is 11.5 Å². The Kier molecular flexibility index (Phi) is 10.5. The Morgan fingerprint density at radius 2 is 1.64 bits per heavy atom. The molecule has 1 heteroatoms. The highest BCUT2D eigenvalue weighted by Crippen LogP contribution is 2.44. The van der Waals surface area contributed by atoms with E-state index in [-0.39, 0.29) is 5.41 Å². The van der Waals surface area contributed by atoms with Gasteiger partial charge in [0.15, 0.2) is 0 Å². The molecule has 1 rings (SSSR count). The van der Waals surface area contributed by atoms with Gasteiger partial charge in [-0.1, -0.05) is 111 Å². The largest absolute Gasteiger partial charge is 0.310 e. The van der Waals surface area contributed by atoms with Crippen molar-refractivity contribution >= 4 is 0 Å². The Balaban J connectivity index is 2.14. The Bertz CT molecular complexity index is 482. The molecule has 0 amide bonds. The molecule has 0 spiro atoms. The molecule has 0 heterocycles. The van der Waals surface area contributed by atoms with Gasteiger partial charge in [0.1, 0.15) is 0 Å². The molecule has 1 saturated carbocycles. The number of nitrogens with one attached hydrogen (secondary N) is 1. The third-order valence-electron chi connectivity index (χ3n) is 8.07. The van der Waals surface area contributed by atoms with Crippen molar-refractivity contribution in [2.45, 2.75) is 119 Å². The van der Waals surface area contributed by atoms with Crippen LogP contribution in [0.2, 0.25) is 0 Å². The highest BCUT2D eigenvalue weighted by Gasteiger charge is 2.37. The predicted octanol–water partition coefficient (Wildman–Crippen LogP) is 8.32. The minimum atomic E-state index is 0.101. The van der Waals surface area contributed by atoms with Gasteiger partial charge in [-0.2, -0.15) is 0 Å². The van der Waals surface area contributed by atoms with Gasteiger partial charge in [0.05, 0.1) is 0 Å². The van der Waals surface area contributed by atoms with Gasteiger partial charge in [0.2, 0.25) is 0 Å². The molecule has 0 bridgehead atoms. The van der Waals surface area contributed by atoms with Crippen LogP contribution in [-0.4, -0.2) is 12.6 Å². The van der Waals surface area contributed by atoms with Gasteiger partial charge in [0.25, 0.3) is 0 Å². The Hall–Kier alpha value is -0.560. The Labute approximate surface area is 177 Å². The first-order chi connectivity index (χ1) is 13.1. The molecule has 0 aliphatic heterocycles. The number of hydrogen-bond acceptors (Lipinski definition) is 1. The first-order valence-corrected chi connectivity index (χ1v) is 12.2. The van der Waals surface area contributed by atoms with Gasteiger partial charge >= 0.3 is 0 Å². The third-order valence-corrected chi connectivity index (χ3v) is 8.07. The molecule has 1 aliphatic rings. The van der Waals surface area contributed by atoms with E-state index in [1.54, 1.807) is 0 Å². The zero-order chi connectivity index (χ0) is 21.4. The van der Waals surface area contributed by atoms with E-state index in [0.717, 1.165) is 24.8 Å². The number of unbranched alkanes of at least 4 members (excludes halogenated alkanes) is 2. The van der Waals surface area contributed by atoms with Crippen LogP contribution in [0.1, 0.15) is 113 Å². The molecule has 0 aromatic rings. The maximum Gasteiger partial charge on any atom is 0.0322 e. The molecule has 164 valence electrons. The summed E-state index contributed by atoms with van der Waals surface area (Å²) in [6.07, 6.45) is 13.4. The van der Waals surface area contributed by atoms with Crippen molar-refractivity contribution in [1.29, 1.82) is 0 Å². The van der Waals surface area contributed by atoms with Gasteiger partial charge < -0.3 is 5.32 Å². The van der Waals surface area contributed by atoms with Gasteiger partial charge in [-0.3, -0.25) is 0 Å². The van der Waals surface area contributed by atoms with Crippen molar-refractivity contribution in [3.63, 3.8) is 0 Å². The normalized spacial score (nSPS) is 21.9. The maximum atomic E-state index is 4.34. The number of rotatable bonds is 14. The van der Waals surface area contributed by atoms with Crippen LogP contribution >= 0.6 is 0 Å². The maximum absolute atomic E-state index is 4.34. The molecule has 0 aromatic heterocycles. The monoisotopic (exact) mass is 389 g/mol. The lowest BCUT2D eigenvalue weighted by Gasteiger charge is -2.26. The van der Waals surface area contributed by atoms with Gasteiger partial charge in [-0.15, -0.1) is 0 Å². The van der Waals surface area contributed by atoms with Crippen LogP contribution in [0.25, 0.3) is 0 Å². The molecular weight excluding hydrogens is 338 g/mol. The highest BCUT2D eigenvalue weighted by atomic mass is 14.9. The van der Waals surface area contributed by atoms with Crippen molar-refractivity contribution in [1.82, 2.24) is 5.32 Å². The van der Waals surface area contributed by atoms with Crippen molar-refractivity contribution in [2.75, 3.05) is 6.54 Å². The first kappa shape index (κ1) is 25.5. The summed E-state index contributed by atoms with van der Waals surface area (Å²) in [6.45, 7) is 26.3. The summed E-state index contributed by atoms with van der Waals surface area (Å²) in [5, 5.41) is 3.75. The average Bonchev–Trinajstić information content (AvgIpc) is 2.83. The second-order valence-corrected chi connectivity index (χ2v) is 10.8. The zero-order valence-electron chi connectivity index (χ0n) is 20.4. The lowest BCUT2D eigenvalue weighted by atomic mass is 9.79. The zero-order valence-corrected chi connectivity index (χ0v) is 20.4. The molecule has 0 aromatic carbocycles. The molecule has 0 saturated heterocycles. The molecule has 1 nitrogen and oxygen atoms in total. The van der Waals surface area contributed by atoms with Crippen LogP contribution in [0.5, 0.6) is 0 Å². The molecule has 1 aliphatic carbocycles. The first-order valence-electron chi connectivity index (χ1n) is 12.2. The summed E-state index contributed by atoms with van der Waals surface area (Å²) in [6, 6.07) is 0.434. The molecular formula is C27H51N. The van der Waals surface area contributed by atoms with Crippen LogP contribution in [0, 0.1) is 22.7 Å². The van der Waals surface area contributed by atoms with Crippen LogP contribution in [0.3, 0.4) is 0 Å². The Morgan fingerprint density at radius 1 is 1.04 bits per heavy atom. The fourth-order valence-corrected chi connectivity index (χ4v) is 4.73. The van der Waals surface area contributed by atoms with Crippen LogP contribution in [0.15, 0.2) is 24.3 Å². The lowest BCUT2D eigenvalue weighted by Crippen LogP contribution is -2.31. The standard InChI is InChI=1S/C27H51N/c1-10-27(9,11-2)17-14-12-13-15-21(3)19-22(4)16-18-28-25-20-23(5)26(7,8)24(25)6/h21-22,25,28H,5-6,10-20H2,1-4,7-9H3. The van der Waals surface area contributed by atoms with E-state index in [2.05, 4.69) is 66.9 Å². The van der Waals surface area contributed by atoms with Crippen LogP contribution in [0.4, 0.5) is 0 Å². The van der Waals surface area contributed by atoms with E-state index in [4.69, 9.17) is 0 Å². The van der Waals surface area contributed by atoms with Gasteiger partial charge in [-0.05, 0) is 49.5 Å². The van der Waals surface area contributed by atoms with Crippen LogP contribution < -0.4 is 5.32 Å². The van der Waals surface area contributed by atoms with Gasteiger partial charge in [-0.25, -0.2) is 0 Å². The quantitative estimate of drug-likeness (QED) is 0.232. The summed E-state index contributed by atoms with van der Waals surface area (Å²) in [5.74, 6) is 1.66. The molecule has 3 unspecified atom stereocenters. The summed E-state index contributed by atoms with van der Waals surface area (Å²) < 4.78 is 0. The SMILES string of the molecule is C=C1CC(NCCC(C)CC(C)CCCCCC(C)(CC)CC)C(=C)C1(C)C. The molecule has 1 fully saturated rings. The van der Waals surface area contributed by atoms with E-state index >= 15 is 0 Å². The van der Waals surface area contributed by atoms with Crippen molar-refractivity contribution in [3.05, 3.63) is 24.3 Å². The third kappa shape index (κ3) is 7.69. The van der Waals surface area contributed by atoms with E-state index in [1.165, 1.54) is 68.9 Å². The van der Waals surface area contributed by atoms with E-state index in [9.17, 15) is 0 Å². The average molecular weight is 390 g/mol. The summed E-state index contributed by atoms with van der Waals surface area (Å²) >= 11 is 0. The van der Waals surface area contributed by atoms with Gasteiger partial charge in [0, 0.05) is 11.5 Å². The second-order valence-electron chi connectivity index (χ2n) is 10.8. The minimum absolute atomic E-state index is 0.101. The fourth-order valence-electron chi connectivity index (χ4n) is 4.73. The molecule has 1 N–H and O–H groups in total. The molecule has 28 heavy (non-hydrogen) atoms. The van der Waals surface area contributed by atoms with Crippen molar-refractivity contribution in [2.24, 2.45) is 22.7 Å². The number of hydrogen-bond donors (Lipinski definition) is 1.